The number of hydrogen-bond acceptors (Lipinski definition) is 6. The third-order valence-corrected chi connectivity index (χ3v) is 5.91. The van der Waals surface area contributed by atoms with E-state index in [1.807, 2.05) is 54.6 Å². The molecule has 162 valence electrons. The number of rotatable bonds is 5. The maximum absolute atomic E-state index is 13.6. The van der Waals surface area contributed by atoms with Crippen molar-refractivity contribution in [2.45, 2.75) is 12.1 Å². The standard InChI is InChI=1S/C25H22N2O5/c1-30-19-12-8-17(9-13-19)26-24(28)21-22(16-6-4-3-5-7-16)27(32-23(21)25(26)29)18-10-14-20(31-2)15-11-18/h3-15,21-23H,1-2H3/t21-,22+,23-/m1/s1. The molecule has 32 heavy (non-hydrogen) atoms. The number of benzene rings is 3. The number of fused-ring (bicyclic) bond motifs is 1. The van der Waals surface area contributed by atoms with Crippen molar-refractivity contribution in [3.63, 3.8) is 0 Å². The third-order valence-electron chi connectivity index (χ3n) is 5.91. The van der Waals surface area contributed by atoms with E-state index in [2.05, 4.69) is 0 Å². The molecule has 0 aliphatic carbocycles. The van der Waals surface area contributed by atoms with E-state index >= 15 is 0 Å². The van der Waals surface area contributed by atoms with E-state index in [1.165, 1.54) is 4.90 Å². The van der Waals surface area contributed by atoms with Gasteiger partial charge in [-0.25, -0.2) is 9.96 Å². The number of carbonyl (C=O) groups excluding carboxylic acids is 2. The smallest absolute Gasteiger partial charge is 0.266 e. The minimum absolute atomic E-state index is 0.282. The highest BCUT2D eigenvalue weighted by molar-refractivity contribution is 6.23. The zero-order valence-corrected chi connectivity index (χ0v) is 17.7. The Morgan fingerprint density at radius 3 is 1.84 bits per heavy atom. The van der Waals surface area contributed by atoms with E-state index in [0.29, 0.717) is 17.2 Å². The van der Waals surface area contributed by atoms with Crippen LogP contribution in [0.2, 0.25) is 0 Å². The average molecular weight is 430 g/mol. The van der Waals surface area contributed by atoms with Gasteiger partial charge >= 0.3 is 0 Å². The van der Waals surface area contributed by atoms with Gasteiger partial charge in [-0.05, 0) is 54.1 Å². The lowest BCUT2D eigenvalue weighted by Gasteiger charge is -2.28. The largest absolute Gasteiger partial charge is 0.497 e. The molecule has 2 aliphatic rings. The molecule has 3 atom stereocenters. The van der Waals surface area contributed by atoms with Gasteiger partial charge in [-0.3, -0.25) is 14.4 Å². The van der Waals surface area contributed by atoms with Crippen molar-refractivity contribution in [1.82, 2.24) is 0 Å². The first-order valence-corrected chi connectivity index (χ1v) is 10.3. The Morgan fingerprint density at radius 2 is 1.28 bits per heavy atom. The maximum atomic E-state index is 13.6. The van der Waals surface area contributed by atoms with Gasteiger partial charge in [0.1, 0.15) is 17.4 Å². The van der Waals surface area contributed by atoms with Crippen LogP contribution in [0.25, 0.3) is 0 Å². The first kappa shape index (κ1) is 20.1. The summed E-state index contributed by atoms with van der Waals surface area (Å²) < 4.78 is 10.4. The lowest BCUT2D eigenvalue weighted by atomic mass is 9.90. The van der Waals surface area contributed by atoms with E-state index in [-0.39, 0.29) is 11.8 Å². The fourth-order valence-electron chi connectivity index (χ4n) is 4.34. The molecule has 7 heteroatoms. The number of methoxy groups -OCH3 is 2. The molecule has 2 fully saturated rings. The molecule has 0 saturated carbocycles. The fourth-order valence-corrected chi connectivity index (χ4v) is 4.34. The van der Waals surface area contributed by atoms with E-state index in [0.717, 1.165) is 11.3 Å². The minimum Gasteiger partial charge on any atom is -0.497 e. The van der Waals surface area contributed by atoms with Gasteiger partial charge in [0.2, 0.25) is 5.91 Å². The van der Waals surface area contributed by atoms with Gasteiger partial charge in [-0.15, -0.1) is 0 Å². The van der Waals surface area contributed by atoms with Gasteiger partial charge < -0.3 is 9.47 Å². The first-order valence-electron chi connectivity index (χ1n) is 10.3. The van der Waals surface area contributed by atoms with Crippen molar-refractivity contribution < 1.29 is 23.9 Å². The quantitative estimate of drug-likeness (QED) is 0.575. The van der Waals surface area contributed by atoms with Crippen LogP contribution in [-0.4, -0.2) is 32.1 Å². The number of ether oxygens (including phenoxy) is 2. The summed E-state index contributed by atoms with van der Waals surface area (Å²) >= 11 is 0. The van der Waals surface area contributed by atoms with Crippen molar-refractivity contribution >= 4 is 23.2 Å². The van der Waals surface area contributed by atoms with Crippen LogP contribution in [0.15, 0.2) is 78.9 Å². The molecule has 2 amide bonds. The van der Waals surface area contributed by atoms with Crippen molar-refractivity contribution in [3.8, 4) is 11.5 Å². The summed E-state index contributed by atoms with van der Waals surface area (Å²) in [7, 11) is 3.17. The summed E-state index contributed by atoms with van der Waals surface area (Å²) in [6.07, 6.45) is -0.906. The summed E-state index contributed by atoms with van der Waals surface area (Å²) in [6.45, 7) is 0. The van der Waals surface area contributed by atoms with Crippen molar-refractivity contribution in [3.05, 3.63) is 84.4 Å². The molecule has 2 aliphatic heterocycles. The van der Waals surface area contributed by atoms with Crippen molar-refractivity contribution in [1.29, 1.82) is 0 Å². The second kappa shape index (κ2) is 8.01. The summed E-state index contributed by atoms with van der Waals surface area (Å²) in [5.74, 6) is 0.0330. The number of amides is 2. The Balaban J connectivity index is 1.53. The van der Waals surface area contributed by atoms with Crippen LogP contribution in [0, 0.1) is 5.92 Å². The summed E-state index contributed by atoms with van der Waals surface area (Å²) in [6, 6.07) is 23.4. The lowest BCUT2D eigenvalue weighted by Crippen LogP contribution is -2.37. The molecule has 7 nitrogen and oxygen atoms in total. The van der Waals surface area contributed by atoms with Gasteiger partial charge in [-0.2, -0.15) is 0 Å². The van der Waals surface area contributed by atoms with Crippen molar-refractivity contribution in [2.75, 3.05) is 24.2 Å². The molecule has 0 radical (unpaired) electrons. The fraction of sp³-hybridized carbons (Fsp3) is 0.200. The molecule has 0 spiro atoms. The van der Waals surface area contributed by atoms with Gasteiger partial charge in [0.15, 0.2) is 6.10 Å². The predicted octanol–water partition coefficient (Wildman–Crippen LogP) is 3.75. The second-order valence-electron chi connectivity index (χ2n) is 7.64. The van der Waals surface area contributed by atoms with E-state index < -0.39 is 18.1 Å². The van der Waals surface area contributed by atoms with Crippen LogP contribution in [0.4, 0.5) is 11.4 Å². The number of imide groups is 1. The van der Waals surface area contributed by atoms with Gasteiger partial charge in [0.25, 0.3) is 5.91 Å². The van der Waals surface area contributed by atoms with E-state index in [4.69, 9.17) is 14.3 Å². The number of hydroxylamine groups is 1. The zero-order chi connectivity index (χ0) is 22.2. The monoisotopic (exact) mass is 430 g/mol. The Morgan fingerprint density at radius 1 is 0.719 bits per heavy atom. The third kappa shape index (κ3) is 3.18. The Bertz CT molecular complexity index is 1130. The van der Waals surface area contributed by atoms with Gasteiger partial charge in [-0.1, -0.05) is 30.3 Å². The summed E-state index contributed by atoms with van der Waals surface area (Å²) in [4.78, 5) is 34.2. The molecular weight excluding hydrogens is 408 g/mol. The topological polar surface area (TPSA) is 68.3 Å². The average Bonchev–Trinajstić information content (AvgIpc) is 3.36. The van der Waals surface area contributed by atoms with Crippen LogP contribution in [0.3, 0.4) is 0 Å². The Kier molecular flexibility index (Phi) is 5.03. The number of carbonyl (C=O) groups is 2. The molecule has 3 aromatic carbocycles. The predicted molar refractivity (Wildman–Crippen MR) is 119 cm³/mol. The molecule has 2 heterocycles. The molecule has 0 aromatic heterocycles. The molecule has 0 unspecified atom stereocenters. The summed E-state index contributed by atoms with van der Waals surface area (Å²) in [5.41, 5.74) is 2.14. The van der Waals surface area contributed by atoms with Crippen LogP contribution >= 0.6 is 0 Å². The minimum atomic E-state index is -0.906. The number of hydrogen-bond donors (Lipinski definition) is 0. The van der Waals surface area contributed by atoms with E-state index in [1.54, 1.807) is 43.5 Å². The molecule has 0 bridgehead atoms. The second-order valence-corrected chi connectivity index (χ2v) is 7.64. The van der Waals surface area contributed by atoms with Crippen LogP contribution in [-0.2, 0) is 14.4 Å². The molecule has 3 aromatic rings. The zero-order valence-electron chi connectivity index (χ0n) is 17.7. The summed E-state index contributed by atoms with van der Waals surface area (Å²) in [5, 5.41) is 1.67. The number of nitrogens with zero attached hydrogens (tertiary/aromatic N) is 2. The molecule has 0 N–H and O–H groups in total. The molecule has 2 saturated heterocycles. The Hall–Kier alpha value is -3.84. The maximum Gasteiger partial charge on any atom is 0.266 e. The highest BCUT2D eigenvalue weighted by Gasteiger charge is 2.60. The molecular formula is C25H22N2O5. The normalized spacial score (nSPS) is 22.2. The van der Waals surface area contributed by atoms with Crippen molar-refractivity contribution in [2.24, 2.45) is 5.92 Å². The SMILES string of the molecule is COc1ccc(N2C(=O)[C@H]3[C@@H](ON(c4ccc(OC)cc4)[C@H]3c3ccccc3)C2=O)cc1. The lowest BCUT2D eigenvalue weighted by molar-refractivity contribution is -0.126. The van der Waals surface area contributed by atoms with E-state index in [9.17, 15) is 9.59 Å². The van der Waals surface area contributed by atoms with Gasteiger partial charge in [0.05, 0.1) is 31.6 Å². The van der Waals surface area contributed by atoms with Crippen LogP contribution in [0.5, 0.6) is 11.5 Å². The van der Waals surface area contributed by atoms with Crippen LogP contribution < -0.4 is 19.4 Å². The van der Waals surface area contributed by atoms with Gasteiger partial charge in [0, 0.05) is 0 Å². The Labute approximate surface area is 185 Å². The number of anilines is 2. The molecule has 5 rings (SSSR count). The first-order chi connectivity index (χ1) is 15.6. The van der Waals surface area contributed by atoms with Crippen LogP contribution in [0.1, 0.15) is 11.6 Å². The highest BCUT2D eigenvalue weighted by atomic mass is 16.7. The highest BCUT2D eigenvalue weighted by Crippen LogP contribution is 2.47.